The number of nitrogens with one attached hydrogen (secondary N) is 1. The Kier molecular flexibility index (Phi) is 5.02. The molecule has 1 aromatic carbocycles. The van der Waals surface area contributed by atoms with Crippen molar-refractivity contribution in [1.82, 2.24) is 10.2 Å². The lowest BCUT2D eigenvalue weighted by Crippen LogP contribution is -2.45. The molecule has 110 valence electrons. The molecule has 3 N–H and O–H groups in total. The van der Waals surface area contributed by atoms with Gasteiger partial charge in [0.2, 0.25) is 5.91 Å². The Morgan fingerprint density at radius 3 is 2.70 bits per heavy atom. The number of carbonyl (C=O) groups excluding carboxylic acids is 1. The molecule has 1 saturated heterocycles. The summed E-state index contributed by atoms with van der Waals surface area (Å²) in [7, 11) is 0. The van der Waals surface area contributed by atoms with E-state index in [-0.39, 0.29) is 24.0 Å². The van der Waals surface area contributed by atoms with Gasteiger partial charge in [0.25, 0.3) is 0 Å². The largest absolute Gasteiger partial charge is 0.353 e. The van der Waals surface area contributed by atoms with Gasteiger partial charge < -0.3 is 11.1 Å². The van der Waals surface area contributed by atoms with Crippen molar-refractivity contribution in [3.05, 3.63) is 34.9 Å². The van der Waals surface area contributed by atoms with Gasteiger partial charge in [-0.05, 0) is 38.0 Å². The average Bonchev–Trinajstić information content (AvgIpc) is 2.72. The molecular formula is C15H22ClN3O. The van der Waals surface area contributed by atoms with E-state index in [0.29, 0.717) is 6.42 Å². The fourth-order valence-electron chi connectivity index (χ4n) is 2.59. The van der Waals surface area contributed by atoms with Crippen molar-refractivity contribution in [1.29, 1.82) is 0 Å². The van der Waals surface area contributed by atoms with Crippen LogP contribution in [-0.4, -0.2) is 35.5 Å². The fraction of sp³-hybridized carbons (Fsp3) is 0.533. The zero-order valence-electron chi connectivity index (χ0n) is 12.0. The average molecular weight is 296 g/mol. The van der Waals surface area contributed by atoms with Crippen LogP contribution in [0.3, 0.4) is 0 Å². The second-order valence-electron chi connectivity index (χ2n) is 5.73. The molecule has 0 unspecified atom stereocenters. The lowest BCUT2D eigenvalue weighted by molar-refractivity contribution is -0.126. The number of nitrogens with two attached hydrogens (primary N) is 1. The highest BCUT2D eigenvalue weighted by molar-refractivity contribution is 6.30. The van der Waals surface area contributed by atoms with E-state index in [4.69, 9.17) is 17.3 Å². The second kappa shape index (κ2) is 6.57. The van der Waals surface area contributed by atoms with Gasteiger partial charge in [-0.1, -0.05) is 23.7 Å². The SMILES string of the molecule is CC(C)NC(=O)[C@@H]1C[C@@H](N)CN1Cc1ccc(Cl)cc1. The molecule has 1 aromatic rings. The predicted octanol–water partition coefficient (Wildman–Crippen LogP) is 1.77. The number of nitrogens with zero attached hydrogens (tertiary/aromatic N) is 1. The van der Waals surface area contributed by atoms with Crippen LogP contribution in [0.25, 0.3) is 0 Å². The first-order valence-corrected chi connectivity index (χ1v) is 7.38. The van der Waals surface area contributed by atoms with Gasteiger partial charge in [0.1, 0.15) is 0 Å². The summed E-state index contributed by atoms with van der Waals surface area (Å²) in [6.45, 7) is 5.41. The number of carbonyl (C=O) groups is 1. The van der Waals surface area contributed by atoms with E-state index in [1.54, 1.807) is 0 Å². The lowest BCUT2D eigenvalue weighted by atomic mass is 10.1. The van der Waals surface area contributed by atoms with E-state index in [2.05, 4.69) is 10.2 Å². The quantitative estimate of drug-likeness (QED) is 0.890. The minimum Gasteiger partial charge on any atom is -0.353 e. The van der Waals surface area contributed by atoms with Crippen LogP contribution >= 0.6 is 11.6 Å². The molecule has 4 nitrogen and oxygen atoms in total. The number of benzene rings is 1. The smallest absolute Gasteiger partial charge is 0.237 e. The fourth-order valence-corrected chi connectivity index (χ4v) is 2.72. The summed E-state index contributed by atoms with van der Waals surface area (Å²) < 4.78 is 0. The van der Waals surface area contributed by atoms with E-state index < -0.39 is 0 Å². The van der Waals surface area contributed by atoms with Gasteiger partial charge in [0.05, 0.1) is 6.04 Å². The molecule has 20 heavy (non-hydrogen) atoms. The van der Waals surface area contributed by atoms with Crippen LogP contribution in [0.15, 0.2) is 24.3 Å². The molecule has 0 aromatic heterocycles. The molecule has 1 amide bonds. The number of likely N-dealkylation sites (tertiary alicyclic amines) is 1. The molecule has 1 aliphatic rings. The molecule has 2 atom stereocenters. The number of hydrogen-bond acceptors (Lipinski definition) is 3. The summed E-state index contributed by atoms with van der Waals surface area (Å²) in [4.78, 5) is 14.4. The number of amides is 1. The van der Waals surface area contributed by atoms with E-state index in [1.165, 1.54) is 0 Å². The van der Waals surface area contributed by atoms with Crippen molar-refractivity contribution in [2.24, 2.45) is 5.73 Å². The molecule has 5 heteroatoms. The topological polar surface area (TPSA) is 58.4 Å². The molecule has 0 saturated carbocycles. The molecule has 0 spiro atoms. The Bertz CT molecular complexity index is 461. The Balaban J connectivity index is 2.04. The zero-order chi connectivity index (χ0) is 14.7. The van der Waals surface area contributed by atoms with E-state index >= 15 is 0 Å². The second-order valence-corrected chi connectivity index (χ2v) is 6.17. The Morgan fingerprint density at radius 1 is 1.45 bits per heavy atom. The van der Waals surface area contributed by atoms with Gasteiger partial charge in [-0.2, -0.15) is 0 Å². The minimum absolute atomic E-state index is 0.0604. The third-order valence-corrected chi connectivity index (χ3v) is 3.72. The third kappa shape index (κ3) is 3.95. The molecule has 1 heterocycles. The van der Waals surface area contributed by atoms with Gasteiger partial charge in [0, 0.05) is 30.2 Å². The van der Waals surface area contributed by atoms with Crippen LogP contribution < -0.4 is 11.1 Å². The molecule has 0 aliphatic carbocycles. The molecule has 1 aliphatic heterocycles. The van der Waals surface area contributed by atoms with Crippen molar-refractivity contribution >= 4 is 17.5 Å². The first kappa shape index (κ1) is 15.3. The van der Waals surface area contributed by atoms with Crippen LogP contribution in [0.1, 0.15) is 25.8 Å². The van der Waals surface area contributed by atoms with E-state index in [9.17, 15) is 4.79 Å². The normalized spacial score (nSPS) is 23.2. The van der Waals surface area contributed by atoms with Crippen molar-refractivity contribution < 1.29 is 4.79 Å². The number of hydrogen-bond donors (Lipinski definition) is 2. The highest BCUT2D eigenvalue weighted by Gasteiger charge is 2.35. The summed E-state index contributed by atoms with van der Waals surface area (Å²) in [6.07, 6.45) is 0.714. The molecule has 0 bridgehead atoms. The first-order valence-electron chi connectivity index (χ1n) is 7.00. The maximum atomic E-state index is 12.2. The maximum absolute atomic E-state index is 12.2. The monoisotopic (exact) mass is 295 g/mol. The van der Waals surface area contributed by atoms with Gasteiger partial charge in [-0.25, -0.2) is 0 Å². The van der Waals surface area contributed by atoms with Crippen LogP contribution in [0.5, 0.6) is 0 Å². The molecular weight excluding hydrogens is 274 g/mol. The standard InChI is InChI=1S/C15H22ClN3O/c1-10(2)18-15(20)14-7-13(17)9-19(14)8-11-3-5-12(16)6-4-11/h3-6,10,13-14H,7-9,17H2,1-2H3,(H,18,20)/t13-,14+/m1/s1. The summed E-state index contributed by atoms with van der Waals surface area (Å²) in [5.74, 6) is 0.0712. The summed E-state index contributed by atoms with van der Waals surface area (Å²) in [5, 5.41) is 3.70. The minimum atomic E-state index is -0.136. The van der Waals surface area contributed by atoms with Crippen LogP contribution in [0.2, 0.25) is 5.02 Å². The van der Waals surface area contributed by atoms with Gasteiger partial charge in [-0.3, -0.25) is 9.69 Å². The van der Waals surface area contributed by atoms with E-state index in [1.807, 2.05) is 38.1 Å². The summed E-state index contributed by atoms with van der Waals surface area (Å²) in [6, 6.07) is 7.80. The van der Waals surface area contributed by atoms with Gasteiger partial charge in [0.15, 0.2) is 0 Å². The highest BCUT2D eigenvalue weighted by atomic mass is 35.5. The van der Waals surface area contributed by atoms with Crippen molar-refractivity contribution in [3.63, 3.8) is 0 Å². The molecule has 2 rings (SSSR count). The van der Waals surface area contributed by atoms with Gasteiger partial charge >= 0.3 is 0 Å². The Labute approximate surface area is 125 Å². The van der Waals surface area contributed by atoms with Crippen LogP contribution in [0, 0.1) is 0 Å². The number of rotatable bonds is 4. The summed E-state index contributed by atoms with van der Waals surface area (Å²) in [5.41, 5.74) is 7.16. The Morgan fingerprint density at radius 2 is 2.10 bits per heavy atom. The van der Waals surface area contributed by atoms with E-state index in [0.717, 1.165) is 23.7 Å². The third-order valence-electron chi connectivity index (χ3n) is 3.47. The predicted molar refractivity (Wildman–Crippen MR) is 81.5 cm³/mol. The zero-order valence-corrected chi connectivity index (χ0v) is 12.7. The van der Waals surface area contributed by atoms with Crippen LogP contribution in [0.4, 0.5) is 0 Å². The summed E-state index contributed by atoms with van der Waals surface area (Å²) >= 11 is 5.89. The van der Waals surface area contributed by atoms with Crippen molar-refractivity contribution in [2.75, 3.05) is 6.54 Å². The number of halogens is 1. The lowest BCUT2D eigenvalue weighted by Gasteiger charge is -2.24. The van der Waals surface area contributed by atoms with Crippen LogP contribution in [-0.2, 0) is 11.3 Å². The highest BCUT2D eigenvalue weighted by Crippen LogP contribution is 2.20. The van der Waals surface area contributed by atoms with Gasteiger partial charge in [-0.15, -0.1) is 0 Å². The molecule has 0 radical (unpaired) electrons. The Hall–Kier alpha value is -1.10. The van der Waals surface area contributed by atoms with Crippen molar-refractivity contribution in [2.45, 2.75) is 44.9 Å². The maximum Gasteiger partial charge on any atom is 0.237 e. The first-order chi connectivity index (χ1) is 9.45. The van der Waals surface area contributed by atoms with Crippen molar-refractivity contribution in [3.8, 4) is 0 Å². The molecule has 1 fully saturated rings.